The number of carbonyl (C=O) groups is 1. The van der Waals surface area contributed by atoms with E-state index in [2.05, 4.69) is 15.5 Å². The zero-order valence-corrected chi connectivity index (χ0v) is 15.0. The van der Waals surface area contributed by atoms with Crippen LogP contribution in [0.2, 0.25) is 0 Å². The summed E-state index contributed by atoms with van der Waals surface area (Å²) in [5.41, 5.74) is 1.02. The lowest BCUT2D eigenvalue weighted by Crippen LogP contribution is -2.26. The molecule has 0 aliphatic carbocycles. The van der Waals surface area contributed by atoms with Gasteiger partial charge in [0.15, 0.2) is 5.17 Å². The van der Waals surface area contributed by atoms with E-state index in [1.165, 1.54) is 36.5 Å². The molecular weight excluding hydrogens is 386 g/mol. The summed E-state index contributed by atoms with van der Waals surface area (Å²) in [5.74, 6) is -0.299. The Kier molecular flexibility index (Phi) is 5.75. The third kappa shape index (κ3) is 4.57. The van der Waals surface area contributed by atoms with E-state index in [1.54, 1.807) is 18.2 Å². The first-order valence-corrected chi connectivity index (χ1v) is 8.87. The van der Waals surface area contributed by atoms with Gasteiger partial charge < -0.3 is 5.32 Å². The molecule has 0 aromatic heterocycles. The van der Waals surface area contributed by atoms with Gasteiger partial charge in [-0.05, 0) is 17.7 Å². The fraction of sp³-hybridized carbons (Fsp3) is 0.118. The predicted molar refractivity (Wildman–Crippen MR) is 104 cm³/mol. The molecule has 1 aliphatic heterocycles. The van der Waals surface area contributed by atoms with E-state index in [-0.39, 0.29) is 28.9 Å². The van der Waals surface area contributed by atoms with Gasteiger partial charge in [0.05, 0.1) is 21.3 Å². The van der Waals surface area contributed by atoms with Crippen molar-refractivity contribution in [2.24, 2.45) is 10.2 Å². The van der Waals surface area contributed by atoms with Crippen LogP contribution in [0.5, 0.6) is 0 Å². The molecule has 1 aliphatic rings. The topological polar surface area (TPSA) is 140 Å². The zero-order valence-electron chi connectivity index (χ0n) is 14.2. The molecule has 1 atom stereocenters. The van der Waals surface area contributed by atoms with Gasteiger partial charge in [0, 0.05) is 30.2 Å². The molecule has 1 saturated heterocycles. The smallest absolute Gasteiger partial charge is 0.272 e. The number of thioether (sulfide) groups is 1. The molecule has 28 heavy (non-hydrogen) atoms. The van der Waals surface area contributed by atoms with Crippen molar-refractivity contribution in [3.05, 3.63) is 79.9 Å². The number of carbonyl (C=O) groups excluding carboxylic acids is 1. The van der Waals surface area contributed by atoms with Crippen molar-refractivity contribution in [1.29, 1.82) is 0 Å². The summed E-state index contributed by atoms with van der Waals surface area (Å²) in [6.07, 6.45) is 1.59. The third-order valence-electron chi connectivity index (χ3n) is 3.83. The van der Waals surface area contributed by atoms with E-state index in [4.69, 9.17) is 0 Å². The molecule has 3 rings (SSSR count). The molecule has 142 valence electrons. The first kappa shape index (κ1) is 19.2. The van der Waals surface area contributed by atoms with Crippen molar-refractivity contribution in [2.45, 2.75) is 11.7 Å². The summed E-state index contributed by atoms with van der Waals surface area (Å²) in [4.78, 5) is 32.8. The average Bonchev–Trinajstić information content (AvgIpc) is 3.01. The van der Waals surface area contributed by atoms with E-state index in [1.807, 2.05) is 0 Å². The quantitative estimate of drug-likeness (QED) is 0.450. The maximum absolute atomic E-state index is 12.1. The molecule has 2 aromatic carbocycles. The minimum absolute atomic E-state index is 0.0278. The Morgan fingerprint density at radius 2 is 1.79 bits per heavy atom. The molecule has 0 unspecified atom stereocenters. The molecular formula is C17H13N5O5S. The second-order valence-electron chi connectivity index (χ2n) is 5.68. The number of nitro benzene ring substituents is 2. The fourth-order valence-electron chi connectivity index (χ4n) is 2.48. The van der Waals surface area contributed by atoms with E-state index < -0.39 is 15.1 Å². The second-order valence-corrected chi connectivity index (χ2v) is 6.88. The highest BCUT2D eigenvalue weighted by Gasteiger charge is 2.32. The molecule has 11 heteroatoms. The summed E-state index contributed by atoms with van der Waals surface area (Å²) in [6.45, 7) is 0. The molecule has 1 N–H and O–H groups in total. The van der Waals surface area contributed by atoms with E-state index in [0.717, 1.165) is 11.8 Å². The molecule has 10 nitrogen and oxygen atoms in total. The number of non-ortho nitro benzene ring substituents is 1. The number of nitrogens with one attached hydrogen (secondary N) is 1. The number of amidine groups is 1. The lowest BCUT2D eigenvalue weighted by atomic mass is 10.1. The monoisotopic (exact) mass is 399 g/mol. The van der Waals surface area contributed by atoms with Crippen LogP contribution >= 0.6 is 11.8 Å². The molecule has 1 amide bonds. The Labute approximate surface area is 162 Å². The Hall–Kier alpha value is -3.60. The summed E-state index contributed by atoms with van der Waals surface area (Å²) in [7, 11) is 0. The van der Waals surface area contributed by atoms with Gasteiger partial charge in [-0.15, -0.1) is 5.10 Å². The van der Waals surface area contributed by atoms with Crippen molar-refractivity contribution in [3.63, 3.8) is 0 Å². The van der Waals surface area contributed by atoms with Crippen molar-refractivity contribution < 1.29 is 14.6 Å². The van der Waals surface area contributed by atoms with Gasteiger partial charge in [-0.1, -0.05) is 30.0 Å². The highest BCUT2D eigenvalue weighted by Crippen LogP contribution is 2.27. The van der Waals surface area contributed by atoms with Crippen molar-refractivity contribution in [3.8, 4) is 0 Å². The van der Waals surface area contributed by atoms with Crippen LogP contribution in [-0.4, -0.2) is 32.4 Å². The summed E-state index contributed by atoms with van der Waals surface area (Å²) in [6, 6.07) is 12.0. The van der Waals surface area contributed by atoms with Gasteiger partial charge in [-0.2, -0.15) is 5.10 Å². The van der Waals surface area contributed by atoms with Crippen LogP contribution in [0.3, 0.4) is 0 Å². The van der Waals surface area contributed by atoms with Crippen LogP contribution in [0.4, 0.5) is 11.4 Å². The highest BCUT2D eigenvalue weighted by atomic mass is 32.2. The minimum atomic E-state index is -0.547. The lowest BCUT2D eigenvalue weighted by molar-refractivity contribution is -0.385. The molecule has 1 heterocycles. The Balaban J connectivity index is 1.65. The van der Waals surface area contributed by atoms with E-state index in [9.17, 15) is 25.0 Å². The minimum Gasteiger partial charge on any atom is -0.303 e. The predicted octanol–water partition coefficient (Wildman–Crippen LogP) is 2.67. The number of rotatable bonds is 6. The maximum atomic E-state index is 12.1. The highest BCUT2D eigenvalue weighted by molar-refractivity contribution is 8.15. The number of hydrogen-bond donors (Lipinski definition) is 1. The van der Waals surface area contributed by atoms with Crippen LogP contribution in [0.15, 0.2) is 58.7 Å². The first-order chi connectivity index (χ1) is 13.4. The van der Waals surface area contributed by atoms with Crippen LogP contribution < -0.4 is 5.32 Å². The van der Waals surface area contributed by atoms with E-state index in [0.29, 0.717) is 11.1 Å². The second kappa shape index (κ2) is 8.39. The largest absolute Gasteiger partial charge is 0.303 e. The number of nitro groups is 2. The summed E-state index contributed by atoms with van der Waals surface area (Å²) < 4.78 is 0. The summed E-state index contributed by atoms with van der Waals surface area (Å²) >= 11 is 1.14. The fourth-order valence-corrected chi connectivity index (χ4v) is 3.43. The van der Waals surface area contributed by atoms with Crippen LogP contribution in [0.1, 0.15) is 11.1 Å². The first-order valence-electron chi connectivity index (χ1n) is 7.99. The number of hydrogen-bond acceptors (Lipinski definition) is 8. The van der Waals surface area contributed by atoms with Crippen LogP contribution in [-0.2, 0) is 11.2 Å². The lowest BCUT2D eigenvalue weighted by Gasteiger charge is -2.05. The number of para-hydroxylation sites is 1. The van der Waals surface area contributed by atoms with Crippen molar-refractivity contribution in [1.82, 2.24) is 5.32 Å². The molecule has 1 fully saturated rings. The standard InChI is InChI=1S/C17H13N5O5S/c23-16-15(9-12-3-1-2-4-14(12)22(26)27)28-17(19-16)20-18-10-11-5-7-13(8-6-11)21(24)25/h1-8,10,15H,9H2,(H,19,20,23)/b18-10+/t15-/m1/s1. The van der Waals surface area contributed by atoms with Gasteiger partial charge in [-0.25, -0.2) is 0 Å². The molecule has 0 saturated carbocycles. The van der Waals surface area contributed by atoms with E-state index >= 15 is 0 Å². The van der Waals surface area contributed by atoms with Gasteiger partial charge in [0.25, 0.3) is 11.4 Å². The van der Waals surface area contributed by atoms with Gasteiger partial charge in [0.1, 0.15) is 0 Å². The summed E-state index contributed by atoms with van der Waals surface area (Å²) in [5, 5.41) is 31.8. The molecule has 2 aromatic rings. The van der Waals surface area contributed by atoms with Gasteiger partial charge in [0.2, 0.25) is 5.91 Å². The SMILES string of the molecule is O=C1N/C(=N\N=C\c2ccc([N+](=O)[O-])cc2)S[C@@H]1Cc1ccccc1[N+](=O)[O-]. The third-order valence-corrected chi connectivity index (χ3v) is 4.90. The van der Waals surface area contributed by atoms with Gasteiger partial charge >= 0.3 is 0 Å². The Morgan fingerprint density at radius 3 is 2.46 bits per heavy atom. The molecule has 0 spiro atoms. The van der Waals surface area contributed by atoms with Crippen molar-refractivity contribution in [2.75, 3.05) is 0 Å². The normalized spacial score (nSPS) is 17.8. The van der Waals surface area contributed by atoms with Crippen LogP contribution in [0.25, 0.3) is 0 Å². The molecule has 0 radical (unpaired) electrons. The zero-order chi connectivity index (χ0) is 20.1. The Morgan fingerprint density at radius 1 is 1.07 bits per heavy atom. The average molecular weight is 399 g/mol. The number of nitrogens with zero attached hydrogens (tertiary/aromatic N) is 4. The van der Waals surface area contributed by atoms with Crippen LogP contribution in [0, 0.1) is 20.2 Å². The molecule has 0 bridgehead atoms. The van der Waals surface area contributed by atoms with Gasteiger partial charge in [-0.3, -0.25) is 25.0 Å². The maximum Gasteiger partial charge on any atom is 0.272 e. The number of benzene rings is 2. The number of amides is 1. The van der Waals surface area contributed by atoms with Crippen molar-refractivity contribution >= 4 is 40.4 Å². The Bertz CT molecular complexity index is 990.